The van der Waals surface area contributed by atoms with E-state index in [1.165, 1.54) is 0 Å². The molecule has 0 spiro atoms. The van der Waals surface area contributed by atoms with Crippen LogP contribution in [0.15, 0.2) is 28.4 Å². The summed E-state index contributed by atoms with van der Waals surface area (Å²) in [5, 5.41) is 4.25. The molecule has 0 aliphatic carbocycles. The van der Waals surface area contributed by atoms with E-state index in [1.807, 2.05) is 16.9 Å². The maximum Gasteiger partial charge on any atom is 0.220 e. The van der Waals surface area contributed by atoms with Gasteiger partial charge in [-0.05, 0) is 19.7 Å². The first kappa shape index (κ1) is 15.7. The van der Waals surface area contributed by atoms with Crippen LogP contribution in [0.5, 0.6) is 0 Å². The van der Waals surface area contributed by atoms with E-state index < -0.39 is 0 Å². The van der Waals surface area contributed by atoms with Crippen molar-refractivity contribution in [3.63, 3.8) is 0 Å². The van der Waals surface area contributed by atoms with E-state index in [1.54, 1.807) is 13.3 Å². The summed E-state index contributed by atoms with van der Waals surface area (Å²) in [5.41, 5.74) is 0. The van der Waals surface area contributed by atoms with Crippen molar-refractivity contribution < 1.29 is 9.47 Å². The van der Waals surface area contributed by atoms with Crippen LogP contribution in [0.25, 0.3) is 0 Å². The van der Waals surface area contributed by atoms with Gasteiger partial charge in [-0.2, -0.15) is 5.10 Å². The molecule has 1 fully saturated rings. The van der Waals surface area contributed by atoms with E-state index in [4.69, 9.17) is 9.47 Å². The van der Waals surface area contributed by atoms with E-state index in [-0.39, 0.29) is 12.1 Å². The molecule has 0 saturated carbocycles. The Morgan fingerprint density at radius 2 is 2.24 bits per heavy atom. The summed E-state index contributed by atoms with van der Waals surface area (Å²) in [4.78, 5) is 10.7. The lowest BCUT2D eigenvalue weighted by Gasteiger charge is -2.28. The van der Waals surface area contributed by atoms with Crippen LogP contribution in [0, 0.1) is 0 Å². The third-order valence-corrected chi connectivity index (χ3v) is 3.63. The van der Waals surface area contributed by atoms with Gasteiger partial charge in [0.15, 0.2) is 0 Å². The summed E-state index contributed by atoms with van der Waals surface area (Å²) in [7, 11) is 1.69. The van der Waals surface area contributed by atoms with Crippen molar-refractivity contribution >= 4 is 12.7 Å². The Bertz CT molecular complexity index is 454. The van der Waals surface area contributed by atoms with E-state index in [9.17, 15) is 0 Å². The molecule has 0 aromatic carbocycles. The van der Waals surface area contributed by atoms with Crippen LogP contribution < -0.4 is 0 Å². The molecule has 0 radical (unpaired) electrons. The van der Waals surface area contributed by atoms with Crippen molar-refractivity contribution in [2.45, 2.75) is 19.1 Å². The first-order valence-electron chi connectivity index (χ1n) is 7.12. The molecular formula is C14H23N5O2. The molecule has 1 aromatic rings. The van der Waals surface area contributed by atoms with Gasteiger partial charge in [0.25, 0.3) is 0 Å². The third kappa shape index (κ3) is 4.12. The van der Waals surface area contributed by atoms with Gasteiger partial charge in [0.1, 0.15) is 0 Å². The van der Waals surface area contributed by atoms with Gasteiger partial charge in [-0.1, -0.05) is 0 Å². The zero-order valence-electron chi connectivity index (χ0n) is 12.7. The molecule has 1 aromatic heterocycles. The highest BCUT2D eigenvalue weighted by Gasteiger charge is 2.20. The number of rotatable bonds is 5. The zero-order valence-corrected chi connectivity index (χ0v) is 12.7. The SMILES string of the molecule is C=N/C(=N\CC(OC)[C@@H](C)n1cccn1)N1CCOCC1. The Morgan fingerprint density at radius 3 is 2.81 bits per heavy atom. The fourth-order valence-corrected chi connectivity index (χ4v) is 2.30. The molecule has 0 bridgehead atoms. The number of nitrogens with zero attached hydrogens (tertiary/aromatic N) is 5. The lowest BCUT2D eigenvalue weighted by atomic mass is 10.2. The second-order valence-corrected chi connectivity index (χ2v) is 4.90. The van der Waals surface area contributed by atoms with Gasteiger partial charge < -0.3 is 14.4 Å². The van der Waals surface area contributed by atoms with Crippen molar-refractivity contribution in [3.05, 3.63) is 18.5 Å². The van der Waals surface area contributed by atoms with Gasteiger partial charge >= 0.3 is 0 Å². The molecule has 0 N–H and O–H groups in total. The fraction of sp³-hybridized carbons (Fsp3) is 0.643. The largest absolute Gasteiger partial charge is 0.378 e. The highest BCUT2D eigenvalue weighted by Crippen LogP contribution is 2.13. The van der Waals surface area contributed by atoms with Crippen LogP contribution in [-0.2, 0) is 9.47 Å². The minimum atomic E-state index is -0.0670. The number of ether oxygens (including phenoxy) is 2. The van der Waals surface area contributed by atoms with Crippen LogP contribution >= 0.6 is 0 Å². The van der Waals surface area contributed by atoms with Crippen LogP contribution in [-0.4, -0.2) is 73.4 Å². The first-order chi connectivity index (χ1) is 10.3. The van der Waals surface area contributed by atoms with Crippen molar-refractivity contribution in [2.75, 3.05) is 40.0 Å². The fourth-order valence-electron chi connectivity index (χ4n) is 2.30. The summed E-state index contributed by atoms with van der Waals surface area (Å²) >= 11 is 0. The van der Waals surface area contributed by atoms with Crippen molar-refractivity contribution in [1.82, 2.24) is 14.7 Å². The molecule has 2 heterocycles. The maximum absolute atomic E-state index is 5.54. The maximum atomic E-state index is 5.54. The number of aromatic nitrogens is 2. The van der Waals surface area contributed by atoms with Gasteiger partial charge in [0.2, 0.25) is 5.96 Å². The van der Waals surface area contributed by atoms with E-state index >= 15 is 0 Å². The Hall–Kier alpha value is -1.73. The van der Waals surface area contributed by atoms with Crippen molar-refractivity contribution in [3.8, 4) is 0 Å². The summed E-state index contributed by atoms with van der Waals surface area (Å²) in [6, 6.07) is 2.00. The highest BCUT2D eigenvalue weighted by atomic mass is 16.5. The number of hydrogen-bond acceptors (Lipinski definition) is 4. The normalized spacial score (nSPS) is 19.3. The number of methoxy groups -OCH3 is 1. The van der Waals surface area contributed by atoms with Crippen LogP contribution in [0.1, 0.15) is 13.0 Å². The first-order valence-corrected chi connectivity index (χ1v) is 7.12. The van der Waals surface area contributed by atoms with Gasteiger partial charge in [-0.3, -0.25) is 4.68 Å². The average Bonchev–Trinajstić information content (AvgIpc) is 3.06. The molecule has 0 amide bonds. The molecule has 1 aliphatic heterocycles. The predicted octanol–water partition coefficient (Wildman–Crippen LogP) is 0.848. The Kier molecular flexibility index (Phi) is 5.89. The number of aliphatic imine (C=N–C) groups is 2. The lowest BCUT2D eigenvalue weighted by molar-refractivity contribution is 0.0617. The molecule has 116 valence electrons. The summed E-state index contributed by atoms with van der Waals surface area (Å²) in [6.45, 7) is 9.18. The van der Waals surface area contributed by atoms with Gasteiger partial charge in [0.05, 0.1) is 31.9 Å². The van der Waals surface area contributed by atoms with E-state index in [2.05, 4.69) is 33.6 Å². The lowest BCUT2D eigenvalue weighted by Crippen LogP contribution is -2.40. The van der Waals surface area contributed by atoms with Gasteiger partial charge in [0, 0.05) is 32.6 Å². The highest BCUT2D eigenvalue weighted by molar-refractivity contribution is 5.84. The molecule has 1 unspecified atom stereocenters. The minimum Gasteiger partial charge on any atom is -0.378 e. The molecule has 7 nitrogen and oxygen atoms in total. The molecule has 21 heavy (non-hydrogen) atoms. The Labute approximate surface area is 125 Å². The van der Waals surface area contributed by atoms with Crippen LogP contribution in [0.3, 0.4) is 0 Å². The molecular weight excluding hydrogens is 270 g/mol. The molecule has 2 rings (SSSR count). The van der Waals surface area contributed by atoms with E-state index in [0.717, 1.165) is 13.1 Å². The van der Waals surface area contributed by atoms with Gasteiger partial charge in [-0.15, -0.1) is 0 Å². The standard InChI is InChI=1S/C14H23N5O2/c1-12(19-6-4-5-17-19)13(20-3)11-16-14(15-2)18-7-9-21-10-8-18/h4-6,12-13H,2,7-11H2,1,3H3/b16-14+/t12-,13?/m1/s1. The predicted molar refractivity (Wildman–Crippen MR) is 82.0 cm³/mol. The van der Waals surface area contributed by atoms with Crippen LogP contribution in [0.4, 0.5) is 0 Å². The van der Waals surface area contributed by atoms with Crippen LogP contribution in [0.2, 0.25) is 0 Å². The second-order valence-electron chi connectivity index (χ2n) is 4.90. The van der Waals surface area contributed by atoms with Crippen molar-refractivity contribution in [2.24, 2.45) is 9.98 Å². The van der Waals surface area contributed by atoms with Crippen molar-refractivity contribution in [1.29, 1.82) is 0 Å². The Balaban J connectivity index is 1.99. The minimum absolute atomic E-state index is 0.0670. The zero-order chi connectivity index (χ0) is 15.1. The molecule has 2 atom stereocenters. The summed E-state index contributed by atoms with van der Waals surface area (Å²) in [6.07, 6.45) is 3.62. The monoisotopic (exact) mass is 293 g/mol. The smallest absolute Gasteiger partial charge is 0.220 e. The Morgan fingerprint density at radius 1 is 1.48 bits per heavy atom. The summed E-state index contributed by atoms with van der Waals surface area (Å²) in [5.74, 6) is 0.660. The summed E-state index contributed by atoms with van der Waals surface area (Å²) < 4.78 is 12.8. The number of guanidine groups is 1. The topological polar surface area (TPSA) is 64.2 Å². The molecule has 1 saturated heterocycles. The van der Waals surface area contributed by atoms with Gasteiger partial charge in [-0.25, -0.2) is 9.98 Å². The molecule has 7 heteroatoms. The second kappa shape index (κ2) is 7.90. The van der Waals surface area contributed by atoms with E-state index in [0.29, 0.717) is 25.7 Å². The average molecular weight is 293 g/mol. The number of morpholine rings is 1. The third-order valence-electron chi connectivity index (χ3n) is 3.63. The quantitative estimate of drug-likeness (QED) is 0.596. The number of hydrogen-bond donors (Lipinski definition) is 0. The molecule has 1 aliphatic rings.